The standard InChI is InChI=1S/C22H15N3OS/c26-22-19-17(23-14-25(22)13-15-7-3-1-4-8-15)11-12-18-20(19)27-21(24-18)16-9-5-2-6-10-16/h1-12,14H,13H2. The van der Waals surface area contributed by atoms with Gasteiger partial charge >= 0.3 is 0 Å². The second kappa shape index (κ2) is 6.45. The molecule has 2 heterocycles. The molecule has 0 N–H and O–H groups in total. The third-order valence-corrected chi connectivity index (χ3v) is 5.70. The molecule has 3 aromatic carbocycles. The molecule has 27 heavy (non-hydrogen) atoms. The number of fused-ring (bicyclic) bond motifs is 3. The Balaban J connectivity index is 1.71. The van der Waals surface area contributed by atoms with Crippen LogP contribution in [0.1, 0.15) is 5.56 Å². The Morgan fingerprint density at radius 3 is 2.33 bits per heavy atom. The van der Waals surface area contributed by atoms with Crippen molar-refractivity contribution in [2.75, 3.05) is 0 Å². The molecule has 0 aliphatic carbocycles. The zero-order valence-corrected chi connectivity index (χ0v) is 15.2. The van der Waals surface area contributed by atoms with E-state index in [-0.39, 0.29) is 5.56 Å². The van der Waals surface area contributed by atoms with Gasteiger partial charge in [0.15, 0.2) is 0 Å². The SMILES string of the molecule is O=c1c2c(ccc3nc(-c4ccccc4)sc32)ncn1Cc1ccccc1. The summed E-state index contributed by atoms with van der Waals surface area (Å²) in [6.45, 7) is 0.503. The molecule has 5 rings (SSSR count). The third kappa shape index (κ3) is 2.82. The molecule has 0 aliphatic heterocycles. The number of aromatic nitrogens is 3. The largest absolute Gasteiger partial charge is 0.294 e. The minimum Gasteiger partial charge on any atom is -0.294 e. The summed E-state index contributed by atoms with van der Waals surface area (Å²) in [5.74, 6) is 0. The summed E-state index contributed by atoms with van der Waals surface area (Å²) in [5.41, 5.74) is 3.64. The van der Waals surface area contributed by atoms with Gasteiger partial charge in [-0.1, -0.05) is 60.7 Å². The lowest BCUT2D eigenvalue weighted by atomic mass is 10.2. The quantitative estimate of drug-likeness (QED) is 0.462. The summed E-state index contributed by atoms with van der Waals surface area (Å²) < 4.78 is 2.56. The molecule has 0 atom stereocenters. The van der Waals surface area contributed by atoms with Crippen molar-refractivity contribution in [3.05, 3.63) is 95.0 Å². The zero-order valence-electron chi connectivity index (χ0n) is 14.4. The summed E-state index contributed by atoms with van der Waals surface area (Å²) in [4.78, 5) is 22.4. The van der Waals surface area contributed by atoms with Gasteiger partial charge in [-0.05, 0) is 17.7 Å². The molecule has 2 aromatic heterocycles. The van der Waals surface area contributed by atoms with Crippen molar-refractivity contribution in [2.24, 2.45) is 0 Å². The van der Waals surface area contributed by atoms with Gasteiger partial charge in [0, 0.05) is 5.56 Å². The Hall–Kier alpha value is -3.31. The minimum absolute atomic E-state index is 0.0299. The van der Waals surface area contributed by atoms with Crippen LogP contribution in [0.5, 0.6) is 0 Å². The van der Waals surface area contributed by atoms with Gasteiger partial charge < -0.3 is 0 Å². The van der Waals surface area contributed by atoms with Crippen LogP contribution in [0.4, 0.5) is 0 Å². The maximum atomic E-state index is 13.2. The summed E-state index contributed by atoms with van der Waals surface area (Å²) in [5, 5.41) is 1.56. The van der Waals surface area contributed by atoms with Crippen molar-refractivity contribution in [2.45, 2.75) is 6.54 Å². The number of rotatable bonds is 3. The molecule has 5 heteroatoms. The maximum absolute atomic E-state index is 13.2. The van der Waals surface area contributed by atoms with E-state index in [9.17, 15) is 4.79 Å². The van der Waals surface area contributed by atoms with Crippen molar-refractivity contribution in [1.29, 1.82) is 0 Å². The average molecular weight is 369 g/mol. The van der Waals surface area contributed by atoms with Crippen molar-refractivity contribution < 1.29 is 0 Å². The van der Waals surface area contributed by atoms with Crippen LogP contribution >= 0.6 is 11.3 Å². The molecule has 0 fully saturated rings. The van der Waals surface area contributed by atoms with E-state index < -0.39 is 0 Å². The van der Waals surface area contributed by atoms with Crippen LogP contribution in [-0.4, -0.2) is 14.5 Å². The van der Waals surface area contributed by atoms with Crippen LogP contribution in [0, 0.1) is 0 Å². The molecule has 0 aliphatic rings. The van der Waals surface area contributed by atoms with Gasteiger partial charge in [-0.3, -0.25) is 9.36 Å². The second-order valence-electron chi connectivity index (χ2n) is 6.36. The fourth-order valence-corrected chi connectivity index (χ4v) is 4.32. The number of thiazole rings is 1. The predicted octanol–water partition coefficient (Wildman–Crippen LogP) is 4.72. The first-order chi connectivity index (χ1) is 13.3. The van der Waals surface area contributed by atoms with E-state index in [4.69, 9.17) is 4.98 Å². The highest BCUT2D eigenvalue weighted by molar-refractivity contribution is 7.22. The average Bonchev–Trinajstić information content (AvgIpc) is 3.16. The third-order valence-electron chi connectivity index (χ3n) is 4.56. The maximum Gasteiger partial charge on any atom is 0.263 e. The fraction of sp³-hybridized carbons (Fsp3) is 0.0455. The van der Waals surface area contributed by atoms with Gasteiger partial charge in [-0.25, -0.2) is 9.97 Å². The minimum atomic E-state index is -0.0299. The molecule has 0 bridgehead atoms. The van der Waals surface area contributed by atoms with E-state index in [1.54, 1.807) is 22.2 Å². The molecule has 0 radical (unpaired) electrons. The highest BCUT2D eigenvalue weighted by atomic mass is 32.1. The Bertz CT molecular complexity index is 1310. The molecule has 0 saturated carbocycles. The highest BCUT2D eigenvalue weighted by Crippen LogP contribution is 2.33. The molecule has 0 unspecified atom stereocenters. The zero-order chi connectivity index (χ0) is 18.2. The van der Waals surface area contributed by atoms with E-state index in [0.29, 0.717) is 17.4 Å². The van der Waals surface area contributed by atoms with Gasteiger partial charge in [0.25, 0.3) is 5.56 Å². The first-order valence-electron chi connectivity index (χ1n) is 8.68. The lowest BCUT2D eigenvalue weighted by molar-refractivity contribution is 0.749. The Morgan fingerprint density at radius 1 is 0.852 bits per heavy atom. The molecule has 0 saturated heterocycles. The molecule has 0 spiro atoms. The Kier molecular flexibility index (Phi) is 3.80. The van der Waals surface area contributed by atoms with Gasteiger partial charge in [-0.2, -0.15) is 0 Å². The lowest BCUT2D eigenvalue weighted by Gasteiger charge is -2.07. The van der Waals surface area contributed by atoms with Crippen LogP contribution in [0.15, 0.2) is 83.9 Å². The van der Waals surface area contributed by atoms with E-state index in [1.165, 1.54) is 0 Å². The Morgan fingerprint density at radius 2 is 1.56 bits per heavy atom. The van der Waals surface area contributed by atoms with Crippen molar-refractivity contribution in [3.8, 4) is 10.6 Å². The number of nitrogens with zero attached hydrogens (tertiary/aromatic N) is 3. The molecule has 4 nitrogen and oxygen atoms in total. The summed E-state index contributed by atoms with van der Waals surface area (Å²) in [6.07, 6.45) is 1.63. The molecule has 5 aromatic rings. The van der Waals surface area contributed by atoms with Crippen LogP contribution in [-0.2, 0) is 6.54 Å². The van der Waals surface area contributed by atoms with E-state index in [0.717, 1.165) is 26.4 Å². The normalized spacial score (nSPS) is 11.3. The number of hydrogen-bond donors (Lipinski definition) is 0. The summed E-state index contributed by atoms with van der Waals surface area (Å²) in [6, 6.07) is 23.8. The van der Waals surface area contributed by atoms with Gasteiger partial charge in [0.1, 0.15) is 5.01 Å². The monoisotopic (exact) mass is 369 g/mol. The van der Waals surface area contributed by atoms with E-state index in [2.05, 4.69) is 4.98 Å². The molecule has 0 amide bonds. The van der Waals surface area contributed by atoms with Crippen LogP contribution < -0.4 is 5.56 Å². The smallest absolute Gasteiger partial charge is 0.263 e. The summed E-state index contributed by atoms with van der Waals surface area (Å²) >= 11 is 1.54. The van der Waals surface area contributed by atoms with Crippen LogP contribution in [0.25, 0.3) is 31.7 Å². The second-order valence-corrected chi connectivity index (χ2v) is 7.36. The van der Waals surface area contributed by atoms with Gasteiger partial charge in [0.2, 0.25) is 0 Å². The molecular formula is C22H15N3OS. The number of benzene rings is 3. The van der Waals surface area contributed by atoms with Crippen LogP contribution in [0.3, 0.4) is 0 Å². The fourth-order valence-electron chi connectivity index (χ4n) is 3.22. The van der Waals surface area contributed by atoms with Crippen molar-refractivity contribution in [3.63, 3.8) is 0 Å². The predicted molar refractivity (Wildman–Crippen MR) is 110 cm³/mol. The first kappa shape index (κ1) is 15.9. The van der Waals surface area contributed by atoms with Crippen molar-refractivity contribution >= 4 is 32.5 Å². The van der Waals surface area contributed by atoms with Gasteiger partial charge in [-0.15, -0.1) is 11.3 Å². The first-order valence-corrected chi connectivity index (χ1v) is 9.49. The summed E-state index contributed by atoms with van der Waals surface area (Å²) in [7, 11) is 0. The lowest BCUT2D eigenvalue weighted by Crippen LogP contribution is -2.21. The topological polar surface area (TPSA) is 47.8 Å². The van der Waals surface area contributed by atoms with Gasteiger partial charge in [0.05, 0.1) is 34.0 Å². The Labute approximate surface area is 159 Å². The van der Waals surface area contributed by atoms with E-state index in [1.807, 2.05) is 72.8 Å². The highest BCUT2D eigenvalue weighted by Gasteiger charge is 2.13. The molecule has 130 valence electrons. The molecular weight excluding hydrogens is 354 g/mol. The van der Waals surface area contributed by atoms with Crippen LogP contribution in [0.2, 0.25) is 0 Å². The van der Waals surface area contributed by atoms with E-state index >= 15 is 0 Å². The van der Waals surface area contributed by atoms with Crippen molar-refractivity contribution in [1.82, 2.24) is 14.5 Å². The number of hydrogen-bond acceptors (Lipinski definition) is 4.